The van der Waals surface area contributed by atoms with Gasteiger partial charge in [0.05, 0.1) is 16.7 Å². The molecule has 0 spiro atoms. The summed E-state index contributed by atoms with van der Waals surface area (Å²) < 4.78 is 4.41. The number of aromatic hydroxyl groups is 1. The van der Waals surface area contributed by atoms with E-state index in [0.717, 1.165) is 35.6 Å². The number of fused-ring (bicyclic) bond motifs is 3. The Balaban J connectivity index is 1.89. The highest BCUT2D eigenvalue weighted by Crippen LogP contribution is 2.26. The number of imidazole rings is 2. The highest BCUT2D eigenvalue weighted by Gasteiger charge is 2.14. The molecule has 0 bridgehead atoms. The van der Waals surface area contributed by atoms with Gasteiger partial charge in [0.2, 0.25) is 5.78 Å². The Hall–Kier alpha value is -2.79. The van der Waals surface area contributed by atoms with Crippen LogP contribution in [-0.2, 0) is 6.54 Å². The number of likely N-dealkylation sites (N-methyl/N-ethyl adjacent to an activating group) is 1. The number of aromatic nitrogens is 3. The van der Waals surface area contributed by atoms with Crippen molar-refractivity contribution in [2.24, 2.45) is 0 Å². The van der Waals surface area contributed by atoms with E-state index in [1.54, 1.807) is 12.1 Å². The number of para-hydroxylation sites is 2. The Morgan fingerprint density at radius 2 is 1.71 bits per heavy atom. The summed E-state index contributed by atoms with van der Waals surface area (Å²) in [6.45, 7) is 1.84. The van der Waals surface area contributed by atoms with Gasteiger partial charge in [0, 0.05) is 24.8 Å². The predicted octanol–water partition coefficient (Wildman–Crippen LogP) is 3.22. The first kappa shape index (κ1) is 14.8. The van der Waals surface area contributed by atoms with E-state index in [4.69, 9.17) is 4.98 Å². The Labute approximate surface area is 140 Å². The molecule has 24 heavy (non-hydrogen) atoms. The Morgan fingerprint density at radius 3 is 2.42 bits per heavy atom. The Bertz CT molecular complexity index is 995. The summed E-state index contributed by atoms with van der Waals surface area (Å²) in [5.74, 6) is 1.21. The van der Waals surface area contributed by atoms with Crippen molar-refractivity contribution < 1.29 is 5.11 Å². The van der Waals surface area contributed by atoms with Crippen LogP contribution in [0.5, 0.6) is 5.75 Å². The lowest BCUT2D eigenvalue weighted by Gasteiger charge is -2.10. The van der Waals surface area contributed by atoms with Gasteiger partial charge in [-0.15, -0.1) is 0 Å². The molecular weight excluding hydrogens is 300 g/mol. The zero-order valence-electron chi connectivity index (χ0n) is 13.8. The van der Waals surface area contributed by atoms with Crippen LogP contribution in [0.4, 0.5) is 0 Å². The third kappa shape index (κ3) is 2.43. The van der Waals surface area contributed by atoms with Gasteiger partial charge >= 0.3 is 0 Å². The van der Waals surface area contributed by atoms with Gasteiger partial charge in [0.1, 0.15) is 5.75 Å². The summed E-state index contributed by atoms with van der Waals surface area (Å²) in [5, 5.41) is 9.48. The van der Waals surface area contributed by atoms with Gasteiger partial charge in [-0.1, -0.05) is 12.1 Å². The van der Waals surface area contributed by atoms with Crippen LogP contribution in [-0.4, -0.2) is 44.6 Å². The zero-order chi connectivity index (χ0) is 16.7. The summed E-state index contributed by atoms with van der Waals surface area (Å²) in [4.78, 5) is 7.03. The van der Waals surface area contributed by atoms with E-state index in [0.29, 0.717) is 0 Å². The summed E-state index contributed by atoms with van der Waals surface area (Å²) in [7, 11) is 4.16. The van der Waals surface area contributed by atoms with Crippen molar-refractivity contribution in [1.82, 2.24) is 18.9 Å². The van der Waals surface area contributed by atoms with Crippen LogP contribution in [0.25, 0.3) is 28.1 Å². The molecule has 1 N–H and O–H groups in total. The van der Waals surface area contributed by atoms with E-state index in [1.807, 2.05) is 12.1 Å². The second-order valence-corrected chi connectivity index (χ2v) is 6.29. The minimum Gasteiger partial charge on any atom is -0.508 e. The lowest BCUT2D eigenvalue weighted by Crippen LogP contribution is -2.18. The molecule has 5 nitrogen and oxygen atoms in total. The number of rotatable bonds is 4. The lowest BCUT2D eigenvalue weighted by atomic mass is 10.2. The van der Waals surface area contributed by atoms with Crippen molar-refractivity contribution in [3.05, 3.63) is 54.7 Å². The average molecular weight is 320 g/mol. The molecule has 2 aromatic carbocycles. The van der Waals surface area contributed by atoms with Crippen molar-refractivity contribution in [2.45, 2.75) is 6.54 Å². The molecule has 5 heteroatoms. The normalized spacial score (nSPS) is 11.8. The predicted molar refractivity (Wildman–Crippen MR) is 96.3 cm³/mol. The molecule has 0 atom stereocenters. The van der Waals surface area contributed by atoms with E-state index in [9.17, 15) is 5.11 Å². The topological polar surface area (TPSA) is 45.7 Å². The number of nitrogens with zero attached hydrogens (tertiary/aromatic N) is 4. The largest absolute Gasteiger partial charge is 0.508 e. The number of phenolic OH excluding ortho intramolecular Hbond substituents is 1. The van der Waals surface area contributed by atoms with Crippen LogP contribution in [0.3, 0.4) is 0 Å². The van der Waals surface area contributed by atoms with Crippen LogP contribution in [0.15, 0.2) is 54.7 Å². The maximum Gasteiger partial charge on any atom is 0.215 e. The van der Waals surface area contributed by atoms with Gasteiger partial charge in [-0.05, 0) is 50.5 Å². The first-order valence-electron chi connectivity index (χ1n) is 8.04. The van der Waals surface area contributed by atoms with E-state index < -0.39 is 0 Å². The fraction of sp³-hybridized carbons (Fsp3) is 0.211. The smallest absolute Gasteiger partial charge is 0.215 e. The standard InChI is InChI=1S/C19H20N4O/c1-21(2)11-12-22-17-5-3-4-6-18(17)23-13-16(20-19(22)23)14-7-9-15(24)10-8-14/h3-10,13,24H,11-12H2,1-2H3. The molecule has 122 valence electrons. The van der Waals surface area contributed by atoms with Crippen molar-refractivity contribution in [1.29, 1.82) is 0 Å². The third-order valence-electron chi connectivity index (χ3n) is 4.29. The monoisotopic (exact) mass is 320 g/mol. The number of hydrogen-bond donors (Lipinski definition) is 1. The molecule has 2 aromatic heterocycles. The molecule has 0 unspecified atom stereocenters. The van der Waals surface area contributed by atoms with Crippen LogP contribution >= 0.6 is 0 Å². The quantitative estimate of drug-likeness (QED) is 0.628. The first-order chi connectivity index (χ1) is 11.6. The second-order valence-electron chi connectivity index (χ2n) is 6.29. The first-order valence-corrected chi connectivity index (χ1v) is 8.04. The van der Waals surface area contributed by atoms with Gasteiger partial charge < -0.3 is 14.6 Å². The number of phenols is 1. The summed E-state index contributed by atoms with van der Waals surface area (Å²) in [6, 6.07) is 15.5. The Morgan fingerprint density at radius 1 is 1.00 bits per heavy atom. The van der Waals surface area contributed by atoms with Crippen LogP contribution < -0.4 is 0 Å². The van der Waals surface area contributed by atoms with Crippen molar-refractivity contribution in [2.75, 3.05) is 20.6 Å². The fourth-order valence-electron chi connectivity index (χ4n) is 3.03. The minimum absolute atomic E-state index is 0.267. The molecule has 0 amide bonds. The van der Waals surface area contributed by atoms with Crippen LogP contribution in [0.1, 0.15) is 0 Å². The SMILES string of the molecule is CN(C)CCn1c2ccccc2n2cc(-c3ccc(O)cc3)nc12. The lowest BCUT2D eigenvalue weighted by molar-refractivity contribution is 0.388. The van der Waals surface area contributed by atoms with Crippen LogP contribution in [0.2, 0.25) is 0 Å². The van der Waals surface area contributed by atoms with E-state index in [1.165, 1.54) is 5.52 Å². The maximum absolute atomic E-state index is 9.48. The third-order valence-corrected chi connectivity index (χ3v) is 4.29. The van der Waals surface area contributed by atoms with Crippen LogP contribution in [0, 0.1) is 0 Å². The number of benzene rings is 2. The average Bonchev–Trinajstić information content (AvgIpc) is 3.11. The number of hydrogen-bond acceptors (Lipinski definition) is 3. The van der Waals surface area contributed by atoms with E-state index in [-0.39, 0.29) is 5.75 Å². The van der Waals surface area contributed by atoms with E-state index in [2.05, 4.69) is 58.4 Å². The summed E-state index contributed by atoms with van der Waals surface area (Å²) in [6.07, 6.45) is 2.07. The molecule has 4 rings (SSSR count). The van der Waals surface area contributed by atoms with Crippen molar-refractivity contribution in [3.63, 3.8) is 0 Å². The maximum atomic E-state index is 9.48. The fourth-order valence-corrected chi connectivity index (χ4v) is 3.03. The molecule has 4 aromatic rings. The highest BCUT2D eigenvalue weighted by molar-refractivity contribution is 5.82. The van der Waals surface area contributed by atoms with Gasteiger partial charge in [-0.3, -0.25) is 4.40 Å². The van der Waals surface area contributed by atoms with E-state index >= 15 is 0 Å². The Kier molecular flexibility index (Phi) is 3.50. The van der Waals surface area contributed by atoms with Gasteiger partial charge in [0.15, 0.2) is 0 Å². The summed E-state index contributed by atoms with van der Waals surface area (Å²) >= 11 is 0. The zero-order valence-corrected chi connectivity index (χ0v) is 13.8. The summed E-state index contributed by atoms with van der Waals surface area (Å²) in [5.41, 5.74) is 4.26. The van der Waals surface area contributed by atoms with Crippen molar-refractivity contribution in [3.8, 4) is 17.0 Å². The molecule has 2 heterocycles. The molecule has 0 aliphatic rings. The van der Waals surface area contributed by atoms with Gasteiger partial charge in [-0.25, -0.2) is 4.98 Å². The molecule has 0 saturated carbocycles. The molecule has 0 radical (unpaired) electrons. The van der Waals surface area contributed by atoms with Crippen molar-refractivity contribution >= 4 is 16.8 Å². The molecule has 0 saturated heterocycles. The molecule has 0 fully saturated rings. The van der Waals surface area contributed by atoms with Gasteiger partial charge in [-0.2, -0.15) is 0 Å². The molecular formula is C19H20N4O. The van der Waals surface area contributed by atoms with Gasteiger partial charge in [0.25, 0.3) is 0 Å². The molecule has 0 aliphatic heterocycles. The second kappa shape index (κ2) is 5.69. The minimum atomic E-state index is 0.267. The molecule has 0 aliphatic carbocycles. The highest BCUT2D eigenvalue weighted by atomic mass is 16.3.